The average molecular weight is 286 g/mol. The Morgan fingerprint density at radius 3 is 2.27 bits per heavy atom. The molecule has 1 heteroatoms. The van der Waals surface area contributed by atoms with Gasteiger partial charge in [-0.3, -0.25) is 0 Å². The van der Waals surface area contributed by atoms with E-state index in [1.807, 2.05) is 78.9 Å². The number of rotatable bonds is 4. The Kier molecular flexibility index (Phi) is 4.47. The fraction of sp³-hybridized carbons (Fsp3) is 0.0476. The molecule has 0 aromatic heterocycles. The standard InChI is InChI=1S/C21H18O/c22-21(13-7-4-10-17-8-2-1-3-9-17)20-15-14-18-11-5-6-12-19(18)16-20/h1-16,21-22H/b10-4+,13-7-. The molecule has 0 bridgehead atoms. The lowest BCUT2D eigenvalue weighted by Crippen LogP contribution is -1.92. The van der Waals surface area contributed by atoms with Gasteiger partial charge in [-0.05, 0) is 28.0 Å². The van der Waals surface area contributed by atoms with Crippen LogP contribution in [0, 0.1) is 0 Å². The van der Waals surface area contributed by atoms with Gasteiger partial charge in [0.05, 0.1) is 6.10 Å². The van der Waals surface area contributed by atoms with Gasteiger partial charge in [0.2, 0.25) is 0 Å². The molecule has 0 amide bonds. The molecule has 0 aliphatic carbocycles. The molecule has 3 rings (SSSR count). The van der Waals surface area contributed by atoms with Gasteiger partial charge in [-0.2, -0.15) is 0 Å². The van der Waals surface area contributed by atoms with Crippen LogP contribution in [0.25, 0.3) is 16.8 Å². The predicted octanol–water partition coefficient (Wildman–Crippen LogP) is 5.14. The Balaban J connectivity index is 1.71. The molecule has 0 heterocycles. The van der Waals surface area contributed by atoms with E-state index >= 15 is 0 Å². The molecular weight excluding hydrogens is 268 g/mol. The van der Waals surface area contributed by atoms with Crippen LogP contribution >= 0.6 is 0 Å². The van der Waals surface area contributed by atoms with Crippen molar-refractivity contribution in [3.63, 3.8) is 0 Å². The topological polar surface area (TPSA) is 20.2 Å². The van der Waals surface area contributed by atoms with Crippen molar-refractivity contribution in [1.29, 1.82) is 0 Å². The quantitative estimate of drug-likeness (QED) is 0.658. The van der Waals surface area contributed by atoms with Crippen LogP contribution in [0.4, 0.5) is 0 Å². The minimum atomic E-state index is -0.593. The summed E-state index contributed by atoms with van der Waals surface area (Å²) in [5, 5.41) is 12.6. The van der Waals surface area contributed by atoms with Crippen molar-refractivity contribution < 1.29 is 5.11 Å². The Labute approximate surface area is 130 Å². The van der Waals surface area contributed by atoms with Crippen molar-refractivity contribution in [2.75, 3.05) is 0 Å². The maximum atomic E-state index is 10.3. The molecule has 0 spiro atoms. The highest BCUT2D eigenvalue weighted by atomic mass is 16.3. The molecule has 3 aromatic carbocycles. The maximum absolute atomic E-state index is 10.3. The number of fused-ring (bicyclic) bond motifs is 1. The Morgan fingerprint density at radius 2 is 1.45 bits per heavy atom. The summed E-state index contributed by atoms with van der Waals surface area (Å²) in [7, 11) is 0. The second kappa shape index (κ2) is 6.88. The first-order valence-electron chi connectivity index (χ1n) is 7.39. The molecule has 1 unspecified atom stereocenters. The van der Waals surface area contributed by atoms with E-state index in [-0.39, 0.29) is 0 Å². The number of hydrogen-bond donors (Lipinski definition) is 1. The van der Waals surface area contributed by atoms with Crippen molar-refractivity contribution in [2.24, 2.45) is 0 Å². The molecule has 1 nitrogen and oxygen atoms in total. The lowest BCUT2D eigenvalue weighted by Gasteiger charge is -2.07. The van der Waals surface area contributed by atoms with Crippen LogP contribution in [0.15, 0.2) is 91.0 Å². The van der Waals surface area contributed by atoms with Crippen LogP contribution in [-0.2, 0) is 0 Å². The summed E-state index contributed by atoms with van der Waals surface area (Å²) in [6.45, 7) is 0. The van der Waals surface area contributed by atoms with Crippen LogP contribution in [-0.4, -0.2) is 5.11 Å². The normalized spacial score (nSPS) is 13.1. The molecule has 0 radical (unpaired) electrons. The number of aliphatic hydroxyl groups excluding tert-OH is 1. The second-order valence-electron chi connectivity index (χ2n) is 5.21. The van der Waals surface area contributed by atoms with Crippen molar-refractivity contribution >= 4 is 16.8 Å². The third kappa shape index (κ3) is 3.51. The number of allylic oxidation sites excluding steroid dienone is 2. The zero-order valence-corrected chi connectivity index (χ0v) is 12.3. The summed E-state index contributed by atoms with van der Waals surface area (Å²) in [6, 6.07) is 24.3. The van der Waals surface area contributed by atoms with Crippen LogP contribution in [0.2, 0.25) is 0 Å². The molecule has 0 fully saturated rings. The molecule has 108 valence electrons. The van der Waals surface area contributed by atoms with Crippen molar-refractivity contribution in [2.45, 2.75) is 6.10 Å². The van der Waals surface area contributed by atoms with E-state index in [0.29, 0.717) is 0 Å². The summed E-state index contributed by atoms with van der Waals surface area (Å²) in [6.07, 6.45) is 7.05. The summed E-state index contributed by atoms with van der Waals surface area (Å²) in [4.78, 5) is 0. The van der Waals surface area contributed by atoms with E-state index in [0.717, 1.165) is 16.5 Å². The highest BCUT2D eigenvalue weighted by molar-refractivity contribution is 5.83. The highest BCUT2D eigenvalue weighted by Crippen LogP contribution is 2.21. The first kappa shape index (κ1) is 14.3. The van der Waals surface area contributed by atoms with Gasteiger partial charge >= 0.3 is 0 Å². The Hall–Kier alpha value is -2.64. The zero-order valence-electron chi connectivity index (χ0n) is 12.3. The van der Waals surface area contributed by atoms with Gasteiger partial charge in [0.1, 0.15) is 0 Å². The Morgan fingerprint density at radius 1 is 0.727 bits per heavy atom. The van der Waals surface area contributed by atoms with Crippen LogP contribution < -0.4 is 0 Å². The molecule has 0 aliphatic rings. The average Bonchev–Trinajstić information content (AvgIpc) is 2.59. The monoisotopic (exact) mass is 286 g/mol. The lowest BCUT2D eigenvalue weighted by molar-refractivity contribution is 0.229. The summed E-state index contributed by atoms with van der Waals surface area (Å²) >= 11 is 0. The summed E-state index contributed by atoms with van der Waals surface area (Å²) < 4.78 is 0. The van der Waals surface area contributed by atoms with Gasteiger partial charge < -0.3 is 5.11 Å². The van der Waals surface area contributed by atoms with E-state index in [9.17, 15) is 5.11 Å². The third-order valence-corrected chi connectivity index (χ3v) is 3.61. The molecule has 3 aromatic rings. The zero-order chi connectivity index (χ0) is 15.2. The van der Waals surface area contributed by atoms with Crippen LogP contribution in [0.3, 0.4) is 0 Å². The molecule has 0 saturated heterocycles. The van der Waals surface area contributed by atoms with E-state index in [4.69, 9.17) is 0 Å². The number of aliphatic hydroxyl groups is 1. The third-order valence-electron chi connectivity index (χ3n) is 3.61. The van der Waals surface area contributed by atoms with Gasteiger partial charge in [0.25, 0.3) is 0 Å². The predicted molar refractivity (Wildman–Crippen MR) is 93.5 cm³/mol. The maximum Gasteiger partial charge on any atom is 0.0975 e. The van der Waals surface area contributed by atoms with Gasteiger partial charge in [-0.1, -0.05) is 91.0 Å². The van der Waals surface area contributed by atoms with Gasteiger partial charge in [0.15, 0.2) is 0 Å². The highest BCUT2D eigenvalue weighted by Gasteiger charge is 2.03. The molecule has 1 atom stereocenters. The number of hydrogen-bond acceptors (Lipinski definition) is 1. The fourth-order valence-corrected chi connectivity index (χ4v) is 2.40. The van der Waals surface area contributed by atoms with Gasteiger partial charge in [-0.15, -0.1) is 0 Å². The van der Waals surface area contributed by atoms with E-state index < -0.39 is 6.10 Å². The van der Waals surface area contributed by atoms with E-state index in [1.165, 1.54) is 5.39 Å². The Bertz CT molecular complexity index is 800. The summed E-state index contributed by atoms with van der Waals surface area (Å²) in [5.74, 6) is 0. The lowest BCUT2D eigenvalue weighted by atomic mass is 10.0. The first-order valence-corrected chi connectivity index (χ1v) is 7.39. The second-order valence-corrected chi connectivity index (χ2v) is 5.21. The van der Waals surface area contributed by atoms with E-state index in [2.05, 4.69) is 12.1 Å². The van der Waals surface area contributed by atoms with Crippen molar-refractivity contribution in [1.82, 2.24) is 0 Å². The molecule has 22 heavy (non-hydrogen) atoms. The SMILES string of the molecule is OC(/C=C\C=C\c1ccccc1)c1ccc2ccccc2c1. The van der Waals surface area contributed by atoms with Crippen LogP contribution in [0.1, 0.15) is 17.2 Å². The van der Waals surface area contributed by atoms with Gasteiger partial charge in [0, 0.05) is 0 Å². The number of benzene rings is 3. The van der Waals surface area contributed by atoms with Crippen molar-refractivity contribution in [3.8, 4) is 0 Å². The molecule has 0 aliphatic heterocycles. The molecule has 1 N–H and O–H groups in total. The van der Waals surface area contributed by atoms with Crippen LogP contribution in [0.5, 0.6) is 0 Å². The van der Waals surface area contributed by atoms with E-state index in [1.54, 1.807) is 6.08 Å². The first-order chi connectivity index (χ1) is 10.8. The molecule has 0 saturated carbocycles. The minimum Gasteiger partial charge on any atom is -0.384 e. The fourth-order valence-electron chi connectivity index (χ4n) is 2.40. The van der Waals surface area contributed by atoms with Gasteiger partial charge in [-0.25, -0.2) is 0 Å². The minimum absolute atomic E-state index is 0.593. The van der Waals surface area contributed by atoms with Crippen molar-refractivity contribution in [3.05, 3.63) is 102 Å². The molecular formula is C21H18O. The summed E-state index contributed by atoms with van der Waals surface area (Å²) in [5.41, 5.74) is 2.05. The smallest absolute Gasteiger partial charge is 0.0975 e. The largest absolute Gasteiger partial charge is 0.384 e.